The lowest BCUT2D eigenvalue weighted by molar-refractivity contribution is 0.398. The molecule has 0 aliphatic heterocycles. The lowest BCUT2D eigenvalue weighted by atomic mass is 10.1. The Morgan fingerprint density at radius 1 is 1.20 bits per heavy atom. The largest absolute Gasteiger partial charge is 0.481 e. The van der Waals surface area contributed by atoms with Gasteiger partial charge in [0, 0.05) is 6.07 Å². The van der Waals surface area contributed by atoms with E-state index in [0.29, 0.717) is 10.7 Å². The van der Waals surface area contributed by atoms with Gasteiger partial charge in [0.15, 0.2) is 10.4 Å². The SMILES string of the molecule is COc1ccc2[nH]c(=S)n(C(C)c3ccccc3)c2n1. The Morgan fingerprint density at radius 2 is 1.95 bits per heavy atom. The number of benzene rings is 1. The zero-order valence-electron chi connectivity index (χ0n) is 11.3. The second kappa shape index (κ2) is 5.09. The highest BCUT2D eigenvalue weighted by atomic mass is 32.1. The van der Waals surface area contributed by atoms with E-state index < -0.39 is 0 Å². The first kappa shape index (κ1) is 12.9. The number of rotatable bonds is 3. The van der Waals surface area contributed by atoms with Gasteiger partial charge in [-0.15, -0.1) is 0 Å². The van der Waals surface area contributed by atoms with Crippen molar-refractivity contribution in [2.45, 2.75) is 13.0 Å². The summed E-state index contributed by atoms with van der Waals surface area (Å²) in [6.07, 6.45) is 0. The van der Waals surface area contributed by atoms with Crippen LogP contribution in [-0.4, -0.2) is 21.6 Å². The minimum Gasteiger partial charge on any atom is -0.481 e. The van der Waals surface area contributed by atoms with Crippen molar-refractivity contribution in [1.29, 1.82) is 0 Å². The average Bonchev–Trinajstić information content (AvgIpc) is 2.82. The van der Waals surface area contributed by atoms with Crippen molar-refractivity contribution in [3.05, 3.63) is 52.8 Å². The van der Waals surface area contributed by atoms with E-state index in [4.69, 9.17) is 17.0 Å². The molecule has 1 aromatic carbocycles. The molecule has 2 heterocycles. The molecule has 0 bridgehead atoms. The fourth-order valence-electron chi connectivity index (χ4n) is 2.34. The van der Waals surface area contributed by atoms with Crippen molar-refractivity contribution in [3.8, 4) is 5.88 Å². The van der Waals surface area contributed by atoms with Crippen molar-refractivity contribution in [1.82, 2.24) is 14.5 Å². The van der Waals surface area contributed by atoms with Gasteiger partial charge in [0.1, 0.15) is 0 Å². The van der Waals surface area contributed by atoms with E-state index in [1.165, 1.54) is 5.56 Å². The van der Waals surface area contributed by atoms with Crippen molar-refractivity contribution in [2.24, 2.45) is 0 Å². The van der Waals surface area contributed by atoms with E-state index in [1.807, 2.05) is 34.9 Å². The number of ether oxygens (including phenoxy) is 1. The van der Waals surface area contributed by atoms with Crippen LogP contribution in [0.1, 0.15) is 18.5 Å². The third kappa shape index (κ3) is 2.10. The highest BCUT2D eigenvalue weighted by Gasteiger charge is 2.14. The van der Waals surface area contributed by atoms with Crippen LogP contribution in [0.4, 0.5) is 0 Å². The first-order valence-corrected chi connectivity index (χ1v) is 6.81. The van der Waals surface area contributed by atoms with Crippen molar-refractivity contribution in [3.63, 3.8) is 0 Å². The minimum absolute atomic E-state index is 0.108. The number of aromatic nitrogens is 3. The molecule has 0 saturated carbocycles. The van der Waals surface area contributed by atoms with Crippen LogP contribution in [0.15, 0.2) is 42.5 Å². The molecule has 4 nitrogen and oxygen atoms in total. The molecule has 0 saturated heterocycles. The minimum atomic E-state index is 0.108. The number of H-pyrrole nitrogens is 1. The number of pyridine rings is 1. The Labute approximate surface area is 122 Å². The monoisotopic (exact) mass is 285 g/mol. The molecule has 1 atom stereocenters. The van der Waals surface area contributed by atoms with Crippen LogP contribution in [-0.2, 0) is 0 Å². The normalized spacial score (nSPS) is 12.5. The maximum atomic E-state index is 5.44. The van der Waals surface area contributed by atoms with E-state index in [0.717, 1.165) is 11.2 Å². The Balaban J connectivity index is 2.20. The number of methoxy groups -OCH3 is 1. The lowest BCUT2D eigenvalue weighted by Gasteiger charge is -2.14. The molecule has 3 aromatic rings. The number of aromatic amines is 1. The summed E-state index contributed by atoms with van der Waals surface area (Å²) in [5, 5.41) is 0. The van der Waals surface area contributed by atoms with Crippen LogP contribution in [0, 0.1) is 4.77 Å². The highest BCUT2D eigenvalue weighted by molar-refractivity contribution is 7.71. The summed E-state index contributed by atoms with van der Waals surface area (Å²) in [7, 11) is 1.61. The predicted octanol–water partition coefficient (Wildman–Crippen LogP) is 3.71. The summed E-state index contributed by atoms with van der Waals surface area (Å²) in [6, 6.07) is 14.1. The lowest BCUT2D eigenvalue weighted by Crippen LogP contribution is -2.07. The first-order chi connectivity index (χ1) is 9.70. The molecule has 102 valence electrons. The van der Waals surface area contributed by atoms with Gasteiger partial charge in [-0.3, -0.25) is 4.57 Å². The fraction of sp³-hybridized carbons (Fsp3) is 0.200. The second-order valence-corrected chi connectivity index (χ2v) is 5.00. The van der Waals surface area contributed by atoms with Gasteiger partial charge in [-0.2, -0.15) is 4.98 Å². The topological polar surface area (TPSA) is 42.8 Å². The average molecular weight is 285 g/mol. The maximum absolute atomic E-state index is 5.44. The Kier molecular flexibility index (Phi) is 3.28. The molecule has 2 aromatic heterocycles. The standard InChI is InChI=1S/C15H15N3OS/c1-10(11-6-4-3-5-7-11)18-14-12(16-15(18)20)8-9-13(17-14)19-2/h3-10H,1-2H3,(H,16,20). The van der Waals surface area contributed by atoms with Crippen molar-refractivity contribution < 1.29 is 4.74 Å². The van der Waals surface area contributed by atoms with Gasteiger partial charge in [-0.25, -0.2) is 0 Å². The van der Waals surface area contributed by atoms with Crippen molar-refractivity contribution in [2.75, 3.05) is 7.11 Å². The number of nitrogens with zero attached hydrogens (tertiary/aromatic N) is 2. The molecule has 5 heteroatoms. The molecular weight excluding hydrogens is 270 g/mol. The van der Waals surface area contributed by atoms with Crippen LogP contribution in [0.25, 0.3) is 11.2 Å². The molecule has 3 rings (SSSR count). The Bertz CT molecular complexity index is 792. The summed E-state index contributed by atoms with van der Waals surface area (Å²) in [4.78, 5) is 7.69. The molecule has 0 spiro atoms. The van der Waals surface area contributed by atoms with Gasteiger partial charge in [0.25, 0.3) is 0 Å². The fourth-order valence-corrected chi connectivity index (χ4v) is 2.69. The Hall–Kier alpha value is -2.14. The molecule has 1 N–H and O–H groups in total. The number of hydrogen-bond donors (Lipinski definition) is 1. The maximum Gasteiger partial charge on any atom is 0.215 e. The summed E-state index contributed by atoms with van der Waals surface area (Å²) in [5.74, 6) is 0.584. The number of imidazole rings is 1. The first-order valence-electron chi connectivity index (χ1n) is 6.41. The van der Waals surface area contributed by atoms with Gasteiger partial charge < -0.3 is 9.72 Å². The molecule has 0 fully saturated rings. The zero-order chi connectivity index (χ0) is 14.1. The predicted molar refractivity (Wildman–Crippen MR) is 81.7 cm³/mol. The summed E-state index contributed by atoms with van der Waals surface area (Å²) < 4.78 is 7.88. The number of fused-ring (bicyclic) bond motifs is 1. The molecule has 20 heavy (non-hydrogen) atoms. The Morgan fingerprint density at radius 3 is 2.65 bits per heavy atom. The molecule has 0 amide bonds. The summed E-state index contributed by atoms with van der Waals surface area (Å²) in [6.45, 7) is 2.11. The number of nitrogens with one attached hydrogen (secondary N) is 1. The van der Waals surface area contributed by atoms with E-state index in [1.54, 1.807) is 7.11 Å². The van der Waals surface area contributed by atoms with Crippen LogP contribution in [0.3, 0.4) is 0 Å². The quantitative estimate of drug-likeness (QED) is 0.746. The third-order valence-electron chi connectivity index (χ3n) is 3.42. The molecule has 0 radical (unpaired) electrons. The van der Waals surface area contributed by atoms with Crippen LogP contribution >= 0.6 is 12.2 Å². The van der Waals surface area contributed by atoms with Gasteiger partial charge in [-0.1, -0.05) is 30.3 Å². The molecule has 1 unspecified atom stereocenters. The third-order valence-corrected chi connectivity index (χ3v) is 3.72. The van der Waals surface area contributed by atoms with E-state index in [9.17, 15) is 0 Å². The van der Waals surface area contributed by atoms with Gasteiger partial charge in [-0.05, 0) is 30.8 Å². The van der Waals surface area contributed by atoms with Gasteiger partial charge in [0.05, 0.1) is 18.7 Å². The highest BCUT2D eigenvalue weighted by Crippen LogP contribution is 2.24. The molecular formula is C15H15N3OS. The second-order valence-electron chi connectivity index (χ2n) is 4.61. The van der Waals surface area contributed by atoms with Gasteiger partial charge in [0.2, 0.25) is 5.88 Å². The van der Waals surface area contributed by atoms with Crippen molar-refractivity contribution >= 4 is 23.4 Å². The van der Waals surface area contributed by atoms with Crippen LogP contribution < -0.4 is 4.74 Å². The summed E-state index contributed by atoms with van der Waals surface area (Å²) >= 11 is 5.44. The van der Waals surface area contributed by atoms with E-state index >= 15 is 0 Å². The van der Waals surface area contributed by atoms with E-state index in [2.05, 4.69) is 29.0 Å². The van der Waals surface area contributed by atoms with Crippen LogP contribution in [0.5, 0.6) is 5.88 Å². The molecule has 0 aliphatic carbocycles. The zero-order valence-corrected chi connectivity index (χ0v) is 12.1. The summed E-state index contributed by atoms with van der Waals surface area (Å²) in [5.41, 5.74) is 2.92. The molecule has 0 aliphatic rings. The smallest absolute Gasteiger partial charge is 0.215 e. The van der Waals surface area contributed by atoms with E-state index in [-0.39, 0.29) is 6.04 Å². The van der Waals surface area contributed by atoms with Gasteiger partial charge >= 0.3 is 0 Å². The van der Waals surface area contributed by atoms with Crippen LogP contribution in [0.2, 0.25) is 0 Å². The number of hydrogen-bond acceptors (Lipinski definition) is 3.